The molecule has 0 aromatic rings. The van der Waals surface area contributed by atoms with Crippen LogP contribution in [0.2, 0.25) is 0 Å². The molecule has 0 amide bonds. The smallest absolute Gasteiger partial charge is 0.0704 e. The van der Waals surface area contributed by atoms with Crippen molar-refractivity contribution in [3.63, 3.8) is 0 Å². The zero-order chi connectivity index (χ0) is 12.0. The molecule has 16 heavy (non-hydrogen) atoms. The lowest BCUT2D eigenvalue weighted by atomic mass is 9.62. The Balaban J connectivity index is 2.22. The maximum Gasteiger partial charge on any atom is 0.0704 e. The monoisotopic (exact) mass is 292 g/mol. The van der Waals surface area contributed by atoms with Crippen LogP contribution in [-0.2, 0) is 9.47 Å². The van der Waals surface area contributed by atoms with Gasteiger partial charge >= 0.3 is 0 Å². The Morgan fingerprint density at radius 3 is 2.31 bits per heavy atom. The molecule has 1 rings (SSSR count). The van der Waals surface area contributed by atoms with Crippen molar-refractivity contribution in [1.29, 1.82) is 0 Å². The molecule has 1 fully saturated rings. The molecular weight excluding hydrogens is 268 g/mol. The van der Waals surface area contributed by atoms with Gasteiger partial charge in [0.25, 0.3) is 0 Å². The van der Waals surface area contributed by atoms with Gasteiger partial charge in [-0.25, -0.2) is 0 Å². The molecule has 2 unspecified atom stereocenters. The second-order valence-electron chi connectivity index (χ2n) is 4.62. The van der Waals surface area contributed by atoms with Gasteiger partial charge in [0.15, 0.2) is 0 Å². The van der Waals surface area contributed by atoms with Crippen LogP contribution in [0.4, 0.5) is 0 Å². The molecule has 96 valence electrons. The van der Waals surface area contributed by atoms with Gasteiger partial charge in [-0.2, -0.15) is 0 Å². The highest BCUT2D eigenvalue weighted by Crippen LogP contribution is 2.52. The van der Waals surface area contributed by atoms with Crippen LogP contribution in [-0.4, -0.2) is 30.8 Å². The molecule has 0 aromatic heterocycles. The van der Waals surface area contributed by atoms with Crippen LogP contribution in [0.15, 0.2) is 0 Å². The molecule has 0 heterocycles. The summed E-state index contributed by atoms with van der Waals surface area (Å²) >= 11 is 3.77. The first-order valence-corrected chi connectivity index (χ1v) is 7.46. The van der Waals surface area contributed by atoms with Crippen molar-refractivity contribution in [2.45, 2.75) is 57.4 Å². The summed E-state index contributed by atoms with van der Waals surface area (Å²) in [5, 5.41) is 0. The Kier molecular flexibility index (Phi) is 6.30. The van der Waals surface area contributed by atoms with Gasteiger partial charge in [-0.3, -0.25) is 0 Å². The van der Waals surface area contributed by atoms with Gasteiger partial charge in [-0.15, -0.1) is 0 Å². The molecular formula is C13H25BrO2. The van der Waals surface area contributed by atoms with E-state index in [1.54, 1.807) is 0 Å². The Morgan fingerprint density at radius 1 is 1.12 bits per heavy atom. The number of halogens is 1. The van der Waals surface area contributed by atoms with Crippen LogP contribution in [0.1, 0.15) is 46.5 Å². The average molecular weight is 293 g/mol. The first-order chi connectivity index (χ1) is 7.71. The third-order valence-corrected chi connectivity index (χ3v) is 5.18. The predicted octanol–water partition coefficient (Wildman–Crippen LogP) is 3.77. The van der Waals surface area contributed by atoms with E-state index in [-0.39, 0.29) is 0 Å². The molecule has 1 saturated carbocycles. The van der Waals surface area contributed by atoms with E-state index < -0.39 is 0 Å². The second-order valence-corrected chi connectivity index (χ2v) is 5.72. The maximum atomic E-state index is 5.94. The van der Waals surface area contributed by atoms with Crippen LogP contribution < -0.4 is 0 Å². The van der Waals surface area contributed by atoms with Gasteiger partial charge in [0.1, 0.15) is 0 Å². The van der Waals surface area contributed by atoms with Crippen molar-refractivity contribution in [1.82, 2.24) is 0 Å². The Morgan fingerprint density at radius 2 is 1.81 bits per heavy atom. The maximum absolute atomic E-state index is 5.94. The van der Waals surface area contributed by atoms with E-state index in [2.05, 4.69) is 36.7 Å². The molecule has 2 atom stereocenters. The van der Waals surface area contributed by atoms with Crippen molar-refractivity contribution in [2.75, 3.05) is 19.8 Å². The summed E-state index contributed by atoms with van der Waals surface area (Å²) < 4.78 is 11.4. The normalized spacial score (nSPS) is 27.8. The zero-order valence-corrected chi connectivity index (χ0v) is 12.4. The quantitative estimate of drug-likeness (QED) is 0.501. The third-order valence-electron chi connectivity index (χ3n) is 3.90. The summed E-state index contributed by atoms with van der Waals surface area (Å²) in [6, 6.07) is 0. The Hall–Kier alpha value is 0.400. The molecule has 3 heteroatoms. The first kappa shape index (κ1) is 14.5. The third kappa shape index (κ3) is 2.99. The molecule has 0 spiro atoms. The summed E-state index contributed by atoms with van der Waals surface area (Å²) in [6.07, 6.45) is 5.05. The largest absolute Gasteiger partial charge is 0.379 e. The second kappa shape index (κ2) is 6.97. The van der Waals surface area contributed by atoms with Gasteiger partial charge in [0, 0.05) is 16.8 Å². The topological polar surface area (TPSA) is 18.5 Å². The van der Waals surface area contributed by atoms with Gasteiger partial charge < -0.3 is 9.47 Å². The summed E-state index contributed by atoms with van der Waals surface area (Å²) in [7, 11) is 0. The molecule has 0 aromatic carbocycles. The highest BCUT2D eigenvalue weighted by molar-refractivity contribution is 9.09. The van der Waals surface area contributed by atoms with E-state index in [4.69, 9.17) is 9.47 Å². The molecule has 1 aliphatic carbocycles. The van der Waals surface area contributed by atoms with E-state index in [0.717, 1.165) is 32.7 Å². The highest BCUT2D eigenvalue weighted by atomic mass is 79.9. The van der Waals surface area contributed by atoms with Crippen LogP contribution >= 0.6 is 15.9 Å². The lowest BCUT2D eigenvalue weighted by Crippen LogP contribution is -2.55. The fraction of sp³-hybridized carbons (Fsp3) is 1.00. The Labute approximate surface area is 108 Å². The minimum absolute atomic E-state index is 0.366. The van der Waals surface area contributed by atoms with Crippen molar-refractivity contribution in [2.24, 2.45) is 5.41 Å². The molecule has 2 nitrogen and oxygen atoms in total. The van der Waals surface area contributed by atoms with Gasteiger partial charge in [-0.05, 0) is 25.7 Å². The number of hydrogen-bond donors (Lipinski definition) is 0. The molecule has 1 aliphatic rings. The fourth-order valence-corrected chi connectivity index (χ4v) is 3.86. The van der Waals surface area contributed by atoms with Crippen LogP contribution in [0.25, 0.3) is 0 Å². The van der Waals surface area contributed by atoms with Crippen molar-refractivity contribution < 1.29 is 9.47 Å². The van der Waals surface area contributed by atoms with Gasteiger partial charge in [0.2, 0.25) is 0 Å². The number of rotatable bonds is 8. The van der Waals surface area contributed by atoms with E-state index in [1.807, 2.05) is 0 Å². The van der Waals surface area contributed by atoms with Crippen molar-refractivity contribution in [3.8, 4) is 0 Å². The van der Waals surface area contributed by atoms with Gasteiger partial charge in [0.05, 0.1) is 19.3 Å². The van der Waals surface area contributed by atoms with Crippen LogP contribution in [0.3, 0.4) is 0 Å². The minimum atomic E-state index is 0.366. The number of alkyl halides is 1. The van der Waals surface area contributed by atoms with Crippen LogP contribution in [0.5, 0.6) is 0 Å². The zero-order valence-electron chi connectivity index (χ0n) is 10.8. The number of hydrogen-bond acceptors (Lipinski definition) is 2. The molecule has 0 radical (unpaired) electrons. The predicted molar refractivity (Wildman–Crippen MR) is 71.2 cm³/mol. The van der Waals surface area contributed by atoms with Crippen LogP contribution in [0, 0.1) is 5.41 Å². The van der Waals surface area contributed by atoms with Crippen molar-refractivity contribution in [3.05, 3.63) is 0 Å². The standard InChI is InChI=1S/C13H25BrO2/c1-4-7-15-8-9-16-12-10-11(14)13(12,5-2)6-3/h11-12H,4-10H2,1-3H3. The minimum Gasteiger partial charge on any atom is -0.379 e. The van der Waals surface area contributed by atoms with E-state index in [9.17, 15) is 0 Å². The molecule has 0 bridgehead atoms. The fourth-order valence-electron chi connectivity index (χ4n) is 2.58. The lowest BCUT2D eigenvalue weighted by Gasteiger charge is -2.53. The van der Waals surface area contributed by atoms with Gasteiger partial charge in [-0.1, -0.05) is 36.7 Å². The van der Waals surface area contributed by atoms with E-state index >= 15 is 0 Å². The SMILES string of the molecule is CCCOCCOC1CC(Br)C1(CC)CC. The van der Waals surface area contributed by atoms with Crippen molar-refractivity contribution >= 4 is 15.9 Å². The molecule has 0 N–H and O–H groups in total. The summed E-state index contributed by atoms with van der Waals surface area (Å²) in [5.41, 5.74) is 0.366. The first-order valence-electron chi connectivity index (χ1n) is 6.54. The average Bonchev–Trinajstić information content (AvgIpc) is 2.29. The number of ether oxygens (including phenoxy) is 2. The van der Waals surface area contributed by atoms with E-state index in [0.29, 0.717) is 16.3 Å². The Bertz CT molecular complexity index is 192. The highest BCUT2D eigenvalue weighted by Gasteiger charge is 2.51. The summed E-state index contributed by atoms with van der Waals surface area (Å²) in [5.74, 6) is 0. The molecule has 0 saturated heterocycles. The lowest BCUT2D eigenvalue weighted by molar-refractivity contribution is -0.118. The molecule has 0 aliphatic heterocycles. The van der Waals surface area contributed by atoms with E-state index in [1.165, 1.54) is 12.8 Å². The summed E-state index contributed by atoms with van der Waals surface area (Å²) in [6.45, 7) is 8.98. The summed E-state index contributed by atoms with van der Waals surface area (Å²) in [4.78, 5) is 0.636.